The van der Waals surface area contributed by atoms with Crippen LogP contribution in [0, 0.1) is 0 Å². The van der Waals surface area contributed by atoms with Crippen LogP contribution in [0.25, 0.3) is 10.9 Å². The van der Waals surface area contributed by atoms with Gasteiger partial charge in [-0.05, 0) is 39.0 Å². The summed E-state index contributed by atoms with van der Waals surface area (Å²) in [4.78, 5) is 15.7. The number of hydrogen-bond acceptors (Lipinski definition) is 10. The first-order valence-electron chi connectivity index (χ1n) is 10.2. The minimum Gasteiger partial charge on any atom is -0.387 e. The SMILES string of the molecule is CC(C)Nc1nc([C@@H](C)O)cc2cnc(Nc3ccc(N4CCNCC4)nn3)nc12. The lowest BCUT2D eigenvalue weighted by molar-refractivity contribution is 0.194. The maximum Gasteiger partial charge on any atom is 0.229 e. The average molecular weight is 409 g/mol. The summed E-state index contributed by atoms with van der Waals surface area (Å²) in [7, 11) is 0. The number of fused-ring (bicyclic) bond motifs is 1. The van der Waals surface area contributed by atoms with E-state index in [1.54, 1.807) is 19.2 Å². The predicted octanol–water partition coefficient (Wildman–Crippen LogP) is 1.84. The fraction of sp³-hybridized carbons (Fsp3) is 0.450. The molecule has 10 nitrogen and oxygen atoms in total. The zero-order chi connectivity index (χ0) is 21.1. The molecule has 0 amide bonds. The van der Waals surface area contributed by atoms with E-state index in [-0.39, 0.29) is 6.04 Å². The van der Waals surface area contributed by atoms with Crippen molar-refractivity contribution in [2.45, 2.75) is 32.9 Å². The molecular formula is C20H27N9O. The highest BCUT2D eigenvalue weighted by Gasteiger charge is 2.14. The fourth-order valence-corrected chi connectivity index (χ4v) is 3.28. The third kappa shape index (κ3) is 4.55. The Morgan fingerprint density at radius 2 is 1.90 bits per heavy atom. The van der Waals surface area contributed by atoms with Crippen LogP contribution >= 0.6 is 0 Å². The molecule has 0 radical (unpaired) electrons. The molecule has 4 heterocycles. The highest BCUT2D eigenvalue weighted by molar-refractivity contribution is 5.89. The molecule has 158 valence electrons. The van der Waals surface area contributed by atoms with Gasteiger partial charge in [-0.15, -0.1) is 10.2 Å². The molecule has 10 heteroatoms. The zero-order valence-electron chi connectivity index (χ0n) is 17.4. The first kappa shape index (κ1) is 20.2. The maximum absolute atomic E-state index is 9.94. The maximum atomic E-state index is 9.94. The van der Waals surface area contributed by atoms with E-state index in [9.17, 15) is 5.11 Å². The molecule has 0 unspecified atom stereocenters. The number of aliphatic hydroxyl groups excluding tert-OH is 1. The van der Waals surface area contributed by atoms with Crippen LogP contribution in [0.3, 0.4) is 0 Å². The van der Waals surface area contributed by atoms with Crippen LogP contribution in [0.4, 0.5) is 23.4 Å². The van der Waals surface area contributed by atoms with Crippen LogP contribution < -0.4 is 20.9 Å². The standard InChI is InChI=1S/C20H27N9O/c1-12(2)23-19-18-14(10-15(24-19)13(3)30)11-22-20(26-18)25-16-4-5-17(28-27-16)29-8-6-21-7-9-29/h4-5,10-13,21,30H,6-9H2,1-3H3,(H,23,24)(H,22,25,26,27)/t13-/m1/s1. The lowest BCUT2D eigenvalue weighted by Gasteiger charge is -2.27. The van der Waals surface area contributed by atoms with E-state index >= 15 is 0 Å². The summed E-state index contributed by atoms with van der Waals surface area (Å²) in [6.07, 6.45) is 1.04. The second kappa shape index (κ2) is 8.72. The van der Waals surface area contributed by atoms with Crippen LogP contribution in [-0.2, 0) is 0 Å². The van der Waals surface area contributed by atoms with Crippen LogP contribution in [0.1, 0.15) is 32.6 Å². The molecule has 1 saturated heterocycles. The van der Waals surface area contributed by atoms with Crippen LogP contribution in [-0.4, -0.2) is 62.5 Å². The summed E-state index contributed by atoms with van der Waals surface area (Å²) in [5, 5.41) is 29.1. The summed E-state index contributed by atoms with van der Waals surface area (Å²) in [5.41, 5.74) is 1.25. The fourth-order valence-electron chi connectivity index (χ4n) is 3.28. The Labute approximate surface area is 175 Å². The first-order valence-corrected chi connectivity index (χ1v) is 10.2. The summed E-state index contributed by atoms with van der Waals surface area (Å²) in [6, 6.07) is 5.79. The molecule has 1 atom stereocenters. The average Bonchev–Trinajstić information content (AvgIpc) is 2.74. The van der Waals surface area contributed by atoms with Gasteiger partial charge in [0.15, 0.2) is 17.5 Å². The highest BCUT2D eigenvalue weighted by atomic mass is 16.3. The molecule has 0 bridgehead atoms. The molecule has 0 aromatic carbocycles. The van der Waals surface area contributed by atoms with Crippen molar-refractivity contribution in [3.05, 3.63) is 30.1 Å². The van der Waals surface area contributed by atoms with Crippen LogP contribution in [0.2, 0.25) is 0 Å². The molecule has 4 rings (SSSR count). The van der Waals surface area contributed by atoms with Crippen molar-refractivity contribution < 1.29 is 5.11 Å². The van der Waals surface area contributed by atoms with Crippen LogP contribution in [0.5, 0.6) is 0 Å². The number of aliphatic hydroxyl groups is 1. The van der Waals surface area contributed by atoms with Crippen molar-refractivity contribution in [2.24, 2.45) is 0 Å². The Bertz CT molecular complexity index is 1000. The molecule has 3 aromatic heterocycles. The number of piperazine rings is 1. The summed E-state index contributed by atoms with van der Waals surface area (Å²) in [5.74, 6) is 2.45. The number of aromatic nitrogens is 5. The lowest BCUT2D eigenvalue weighted by Crippen LogP contribution is -2.43. The van der Waals surface area contributed by atoms with Crippen molar-refractivity contribution in [3.8, 4) is 0 Å². The highest BCUT2D eigenvalue weighted by Crippen LogP contribution is 2.25. The molecule has 0 spiro atoms. The molecule has 1 aliphatic heterocycles. The first-order chi connectivity index (χ1) is 14.5. The van der Waals surface area contributed by atoms with E-state index in [2.05, 4.69) is 46.0 Å². The van der Waals surface area contributed by atoms with Crippen LogP contribution in [0.15, 0.2) is 24.4 Å². The molecule has 0 saturated carbocycles. The monoisotopic (exact) mass is 409 g/mol. The largest absolute Gasteiger partial charge is 0.387 e. The Morgan fingerprint density at radius 3 is 2.57 bits per heavy atom. The summed E-state index contributed by atoms with van der Waals surface area (Å²) < 4.78 is 0. The number of nitrogens with zero attached hydrogens (tertiary/aromatic N) is 6. The molecule has 3 aromatic rings. The Hall–Kier alpha value is -3.11. The van der Waals surface area contributed by atoms with Gasteiger partial charge in [0, 0.05) is 43.8 Å². The molecule has 1 aliphatic rings. The second-order valence-electron chi connectivity index (χ2n) is 7.64. The van der Waals surface area contributed by atoms with E-state index in [4.69, 9.17) is 0 Å². The second-order valence-corrected chi connectivity index (χ2v) is 7.64. The summed E-state index contributed by atoms with van der Waals surface area (Å²) >= 11 is 0. The normalized spacial score (nSPS) is 15.4. The minimum absolute atomic E-state index is 0.166. The number of rotatable bonds is 6. The lowest BCUT2D eigenvalue weighted by atomic mass is 10.2. The van der Waals surface area contributed by atoms with Gasteiger partial charge in [-0.25, -0.2) is 15.0 Å². The molecule has 0 aliphatic carbocycles. The van der Waals surface area contributed by atoms with Crippen molar-refractivity contribution in [3.63, 3.8) is 0 Å². The van der Waals surface area contributed by atoms with Gasteiger partial charge >= 0.3 is 0 Å². The molecule has 30 heavy (non-hydrogen) atoms. The third-order valence-corrected chi connectivity index (χ3v) is 4.77. The van der Waals surface area contributed by atoms with E-state index in [0.29, 0.717) is 28.8 Å². The number of nitrogens with one attached hydrogen (secondary N) is 3. The minimum atomic E-state index is -0.676. The van der Waals surface area contributed by atoms with Crippen molar-refractivity contribution in [1.82, 2.24) is 30.5 Å². The van der Waals surface area contributed by atoms with E-state index in [1.807, 2.05) is 26.0 Å². The Balaban J connectivity index is 1.59. The van der Waals surface area contributed by atoms with E-state index in [1.165, 1.54) is 0 Å². The van der Waals surface area contributed by atoms with Crippen molar-refractivity contribution >= 4 is 34.3 Å². The molecule has 1 fully saturated rings. The quantitative estimate of drug-likeness (QED) is 0.479. The van der Waals surface area contributed by atoms with Gasteiger partial charge in [0.05, 0.1) is 11.8 Å². The van der Waals surface area contributed by atoms with Gasteiger partial charge < -0.3 is 26.0 Å². The third-order valence-electron chi connectivity index (χ3n) is 4.77. The van der Waals surface area contributed by atoms with Crippen molar-refractivity contribution in [1.29, 1.82) is 0 Å². The molecular weight excluding hydrogens is 382 g/mol. The zero-order valence-corrected chi connectivity index (χ0v) is 17.4. The van der Waals surface area contributed by atoms with E-state index in [0.717, 1.165) is 37.4 Å². The number of hydrogen-bond donors (Lipinski definition) is 4. The summed E-state index contributed by atoms with van der Waals surface area (Å²) in [6.45, 7) is 9.47. The number of pyridine rings is 1. The Kier molecular flexibility index (Phi) is 5.86. The predicted molar refractivity (Wildman–Crippen MR) is 117 cm³/mol. The van der Waals surface area contributed by atoms with Crippen molar-refractivity contribution in [2.75, 3.05) is 41.7 Å². The van der Waals surface area contributed by atoms with Gasteiger partial charge in [0.1, 0.15) is 5.52 Å². The van der Waals surface area contributed by atoms with Gasteiger partial charge in [0.2, 0.25) is 5.95 Å². The number of anilines is 4. The topological polar surface area (TPSA) is 124 Å². The van der Waals surface area contributed by atoms with Gasteiger partial charge in [-0.3, -0.25) is 0 Å². The molecule has 4 N–H and O–H groups in total. The van der Waals surface area contributed by atoms with E-state index < -0.39 is 6.10 Å². The van der Waals surface area contributed by atoms with Gasteiger partial charge in [-0.1, -0.05) is 0 Å². The van der Waals surface area contributed by atoms with Gasteiger partial charge in [-0.2, -0.15) is 0 Å². The van der Waals surface area contributed by atoms with Gasteiger partial charge in [0.25, 0.3) is 0 Å². The Morgan fingerprint density at radius 1 is 1.10 bits per heavy atom. The smallest absolute Gasteiger partial charge is 0.229 e.